The fraction of sp³-hybridized carbons (Fsp3) is 0.217. The fourth-order valence-electron chi connectivity index (χ4n) is 3.96. The quantitative estimate of drug-likeness (QED) is 0.452. The molecule has 3 aromatic heterocycles. The van der Waals surface area contributed by atoms with Crippen LogP contribution in [0.15, 0.2) is 42.7 Å². The molecule has 3 N–H and O–H groups in total. The maximum absolute atomic E-state index is 12.6. The minimum Gasteiger partial charge on any atom is -0.381 e. The molecule has 1 aliphatic rings. The van der Waals surface area contributed by atoms with Gasteiger partial charge >= 0.3 is 0 Å². The molecule has 0 radical (unpaired) electrons. The zero-order valence-corrected chi connectivity index (χ0v) is 19.1. The van der Waals surface area contributed by atoms with Crippen LogP contribution in [-0.4, -0.2) is 54.5 Å². The number of hydrogen-bond donors (Lipinski definition) is 2. The third kappa shape index (κ3) is 4.15. The summed E-state index contributed by atoms with van der Waals surface area (Å²) in [6.07, 6.45) is 4.66. The number of amides is 2. The summed E-state index contributed by atoms with van der Waals surface area (Å²) < 4.78 is 1.65. The highest BCUT2D eigenvalue weighted by Crippen LogP contribution is 2.35. The highest BCUT2D eigenvalue weighted by Gasteiger charge is 2.24. The van der Waals surface area contributed by atoms with Gasteiger partial charge in [-0.05, 0) is 30.7 Å². The number of nitrogen functional groups attached to an aromatic ring is 1. The van der Waals surface area contributed by atoms with Crippen LogP contribution in [0.4, 0.5) is 11.6 Å². The van der Waals surface area contributed by atoms with E-state index in [1.165, 1.54) is 4.90 Å². The molecule has 11 heteroatoms. The van der Waals surface area contributed by atoms with Gasteiger partial charge in [0, 0.05) is 43.4 Å². The van der Waals surface area contributed by atoms with E-state index in [1.807, 2.05) is 18.2 Å². The number of rotatable bonds is 5. The fourth-order valence-corrected chi connectivity index (χ4v) is 4.24. The number of aromatic nitrogens is 5. The van der Waals surface area contributed by atoms with Crippen LogP contribution >= 0.6 is 11.6 Å². The van der Waals surface area contributed by atoms with E-state index in [-0.39, 0.29) is 24.1 Å². The van der Waals surface area contributed by atoms with Gasteiger partial charge in [0.15, 0.2) is 11.6 Å². The lowest BCUT2D eigenvalue weighted by molar-refractivity contribution is -0.131. The first-order valence-corrected chi connectivity index (χ1v) is 11.1. The van der Waals surface area contributed by atoms with Gasteiger partial charge in [-0.15, -0.1) is 0 Å². The van der Waals surface area contributed by atoms with Gasteiger partial charge in [0.25, 0.3) is 0 Å². The van der Waals surface area contributed by atoms with Crippen molar-refractivity contribution in [1.82, 2.24) is 29.6 Å². The molecule has 0 unspecified atom stereocenters. The van der Waals surface area contributed by atoms with E-state index in [1.54, 1.807) is 36.3 Å². The van der Waals surface area contributed by atoms with E-state index in [4.69, 9.17) is 17.3 Å². The van der Waals surface area contributed by atoms with Crippen molar-refractivity contribution < 1.29 is 9.59 Å². The number of likely N-dealkylation sites (tertiary alicyclic amines) is 1. The number of pyridine rings is 1. The highest BCUT2D eigenvalue weighted by atomic mass is 35.5. The second kappa shape index (κ2) is 8.71. The van der Waals surface area contributed by atoms with Gasteiger partial charge in [0.1, 0.15) is 17.1 Å². The first kappa shape index (κ1) is 21.8. The summed E-state index contributed by atoms with van der Waals surface area (Å²) in [4.78, 5) is 39.5. The van der Waals surface area contributed by atoms with Crippen LogP contribution in [0.3, 0.4) is 0 Å². The van der Waals surface area contributed by atoms with Gasteiger partial charge in [-0.25, -0.2) is 9.97 Å². The molecule has 1 saturated heterocycles. The van der Waals surface area contributed by atoms with Crippen LogP contribution in [0.2, 0.25) is 5.02 Å². The molecule has 0 bridgehead atoms. The molecule has 4 aromatic rings. The Morgan fingerprint density at radius 3 is 2.82 bits per heavy atom. The molecule has 1 aliphatic heterocycles. The van der Waals surface area contributed by atoms with E-state index in [0.717, 1.165) is 11.8 Å². The highest BCUT2D eigenvalue weighted by molar-refractivity contribution is 6.35. The van der Waals surface area contributed by atoms with Crippen molar-refractivity contribution in [1.29, 1.82) is 0 Å². The molecule has 34 heavy (non-hydrogen) atoms. The van der Waals surface area contributed by atoms with Crippen LogP contribution in [-0.2, 0) is 16.6 Å². The maximum Gasteiger partial charge on any atom is 0.245 e. The zero-order valence-electron chi connectivity index (χ0n) is 18.3. The molecule has 4 heterocycles. The lowest BCUT2D eigenvalue weighted by Gasteiger charge is -2.16. The van der Waals surface area contributed by atoms with Crippen LogP contribution in [0, 0.1) is 0 Å². The summed E-state index contributed by atoms with van der Waals surface area (Å²) in [5, 5.41) is 8.43. The Bertz CT molecular complexity index is 1430. The van der Waals surface area contributed by atoms with Crippen molar-refractivity contribution in [3.8, 4) is 22.6 Å². The van der Waals surface area contributed by atoms with Gasteiger partial charge in [-0.3, -0.25) is 19.3 Å². The maximum atomic E-state index is 12.6. The summed E-state index contributed by atoms with van der Waals surface area (Å²) in [7, 11) is 1.80. The smallest absolute Gasteiger partial charge is 0.245 e. The van der Waals surface area contributed by atoms with Crippen molar-refractivity contribution in [2.24, 2.45) is 7.05 Å². The predicted molar refractivity (Wildman–Crippen MR) is 129 cm³/mol. The number of anilines is 2. The van der Waals surface area contributed by atoms with E-state index >= 15 is 0 Å². The summed E-state index contributed by atoms with van der Waals surface area (Å²) in [6, 6.07) is 9.17. The molecule has 0 aliphatic carbocycles. The van der Waals surface area contributed by atoms with E-state index in [2.05, 4.69) is 25.4 Å². The molecule has 2 amide bonds. The predicted octanol–water partition coefficient (Wildman–Crippen LogP) is 2.89. The van der Waals surface area contributed by atoms with Crippen molar-refractivity contribution >= 4 is 46.0 Å². The monoisotopic (exact) mass is 476 g/mol. The Balaban J connectivity index is 1.58. The van der Waals surface area contributed by atoms with Crippen LogP contribution in [0.25, 0.3) is 33.5 Å². The van der Waals surface area contributed by atoms with Gasteiger partial charge < -0.3 is 16.0 Å². The summed E-state index contributed by atoms with van der Waals surface area (Å²) in [6.45, 7) is 0.492. The minimum atomic E-state index is -0.395. The number of carbonyl (C=O) groups excluding carboxylic acids is 2. The Labute approximate surface area is 199 Å². The molecule has 1 fully saturated rings. The van der Waals surface area contributed by atoms with Gasteiger partial charge in [-0.2, -0.15) is 5.10 Å². The average molecular weight is 477 g/mol. The second-order valence-electron chi connectivity index (χ2n) is 8.03. The molecule has 10 nitrogen and oxygen atoms in total. The van der Waals surface area contributed by atoms with Crippen molar-refractivity contribution in [3.63, 3.8) is 0 Å². The minimum absolute atomic E-state index is 0.0408. The summed E-state index contributed by atoms with van der Waals surface area (Å²) in [5.74, 6) is -0.291. The summed E-state index contributed by atoms with van der Waals surface area (Å²) in [5.41, 5.74) is 8.98. The number of carbonyl (C=O) groups is 2. The Morgan fingerprint density at radius 2 is 2.09 bits per heavy atom. The van der Waals surface area contributed by atoms with Crippen LogP contribution in [0.5, 0.6) is 0 Å². The van der Waals surface area contributed by atoms with Gasteiger partial charge in [-0.1, -0.05) is 17.7 Å². The average Bonchev–Trinajstić information content (AvgIpc) is 3.42. The SMILES string of the molecule is Cn1ccc(-c2nc(N)c(NC(=O)CN3CCCC3=O)nc2-c2cc(Cl)c3ncccc3c2)n1. The van der Waals surface area contributed by atoms with Crippen LogP contribution < -0.4 is 11.1 Å². The van der Waals surface area contributed by atoms with Crippen LogP contribution in [0.1, 0.15) is 12.8 Å². The van der Waals surface area contributed by atoms with Crippen molar-refractivity contribution in [2.75, 3.05) is 24.1 Å². The number of nitrogens with two attached hydrogens (primary N) is 1. The zero-order chi connectivity index (χ0) is 23.8. The van der Waals surface area contributed by atoms with Gasteiger partial charge in [0.05, 0.1) is 17.1 Å². The number of nitrogens with zero attached hydrogens (tertiary/aromatic N) is 6. The van der Waals surface area contributed by atoms with E-state index < -0.39 is 5.91 Å². The second-order valence-corrected chi connectivity index (χ2v) is 8.44. The molecular weight excluding hydrogens is 456 g/mol. The van der Waals surface area contributed by atoms with Crippen molar-refractivity contribution in [3.05, 3.63) is 47.7 Å². The third-order valence-electron chi connectivity index (χ3n) is 5.57. The third-order valence-corrected chi connectivity index (χ3v) is 5.86. The summed E-state index contributed by atoms with van der Waals surface area (Å²) >= 11 is 6.52. The topological polar surface area (TPSA) is 132 Å². The normalized spacial score (nSPS) is 13.6. The van der Waals surface area contributed by atoms with E-state index in [9.17, 15) is 9.59 Å². The lowest BCUT2D eigenvalue weighted by atomic mass is 10.0. The molecule has 0 saturated carbocycles. The largest absolute Gasteiger partial charge is 0.381 e. The first-order chi connectivity index (χ1) is 16.4. The first-order valence-electron chi connectivity index (χ1n) is 10.7. The number of aryl methyl sites for hydroxylation is 1. The number of fused-ring (bicyclic) bond motifs is 1. The Kier molecular flexibility index (Phi) is 5.58. The number of halogens is 1. The Morgan fingerprint density at radius 1 is 1.24 bits per heavy atom. The van der Waals surface area contributed by atoms with Crippen molar-refractivity contribution in [2.45, 2.75) is 12.8 Å². The number of nitrogens with one attached hydrogen (secondary N) is 1. The molecule has 0 atom stereocenters. The number of hydrogen-bond acceptors (Lipinski definition) is 7. The number of benzene rings is 1. The van der Waals surface area contributed by atoms with Gasteiger partial charge in [0.2, 0.25) is 11.8 Å². The molecule has 172 valence electrons. The lowest BCUT2D eigenvalue weighted by Crippen LogP contribution is -2.34. The standard InChI is InChI=1S/C23H21ClN8O2/c1-31-9-6-16(30-31)21-20(14-10-13-4-2-7-26-19(13)15(24)11-14)29-23(22(25)28-21)27-17(33)12-32-8-3-5-18(32)34/h2,4,6-7,9-11H,3,5,8,12H2,1H3,(H2,25,28)(H,27,29,33). The molecule has 5 rings (SSSR count). The van der Waals surface area contributed by atoms with E-state index in [0.29, 0.717) is 46.2 Å². The molecular formula is C23H21ClN8O2. The molecule has 0 spiro atoms. The molecule has 1 aromatic carbocycles. The Hall–Kier alpha value is -4.05.